The Morgan fingerprint density at radius 3 is 2.38 bits per heavy atom. The summed E-state index contributed by atoms with van der Waals surface area (Å²) in [5.41, 5.74) is 5.30. The highest BCUT2D eigenvalue weighted by molar-refractivity contribution is 5.96. The largest absolute Gasteiger partial charge is 0.372 e. The molecule has 138 valence electrons. The zero-order valence-electron chi connectivity index (χ0n) is 16.4. The van der Waals surface area contributed by atoms with Crippen LogP contribution in [0.1, 0.15) is 59.8 Å². The van der Waals surface area contributed by atoms with Gasteiger partial charge in [0.25, 0.3) is 5.91 Å². The number of amides is 1. The first-order valence-corrected chi connectivity index (χ1v) is 9.67. The number of nitrogens with one attached hydrogen (secondary N) is 1. The van der Waals surface area contributed by atoms with Crippen molar-refractivity contribution >= 4 is 11.6 Å². The Labute approximate surface area is 157 Å². The smallest absolute Gasteiger partial charge is 0.252 e. The fourth-order valence-corrected chi connectivity index (χ4v) is 3.58. The van der Waals surface area contributed by atoms with E-state index < -0.39 is 0 Å². The Hall–Kier alpha value is -2.29. The highest BCUT2D eigenvalue weighted by atomic mass is 16.1. The van der Waals surface area contributed by atoms with Gasteiger partial charge in [-0.25, -0.2) is 0 Å². The van der Waals surface area contributed by atoms with Crippen molar-refractivity contribution in [1.82, 2.24) is 5.32 Å². The molecule has 1 saturated heterocycles. The van der Waals surface area contributed by atoms with Crippen molar-refractivity contribution in [1.29, 1.82) is 0 Å². The monoisotopic (exact) mass is 350 g/mol. The lowest BCUT2D eigenvalue weighted by atomic mass is 9.98. The van der Waals surface area contributed by atoms with Gasteiger partial charge in [-0.15, -0.1) is 0 Å². The number of piperidine rings is 1. The Morgan fingerprint density at radius 2 is 1.73 bits per heavy atom. The third-order valence-electron chi connectivity index (χ3n) is 5.53. The number of nitrogens with zero attached hydrogens (tertiary/aromatic N) is 1. The Morgan fingerprint density at radius 1 is 1.08 bits per heavy atom. The van der Waals surface area contributed by atoms with Gasteiger partial charge in [-0.3, -0.25) is 4.79 Å². The third kappa shape index (κ3) is 4.27. The number of aryl methyl sites for hydroxylation is 2. The molecule has 0 saturated carbocycles. The number of hydrogen-bond donors (Lipinski definition) is 1. The van der Waals surface area contributed by atoms with Gasteiger partial charge in [0, 0.05) is 24.3 Å². The average Bonchev–Trinajstić information content (AvgIpc) is 2.64. The van der Waals surface area contributed by atoms with Gasteiger partial charge in [0.15, 0.2) is 0 Å². The van der Waals surface area contributed by atoms with Crippen LogP contribution in [0.15, 0.2) is 42.5 Å². The van der Waals surface area contributed by atoms with E-state index in [1.807, 2.05) is 39.0 Å². The van der Waals surface area contributed by atoms with Crippen molar-refractivity contribution in [3.8, 4) is 0 Å². The molecule has 2 aromatic carbocycles. The van der Waals surface area contributed by atoms with Crippen molar-refractivity contribution in [2.24, 2.45) is 5.92 Å². The second-order valence-electron chi connectivity index (χ2n) is 7.77. The van der Waals surface area contributed by atoms with Crippen LogP contribution in [0.2, 0.25) is 0 Å². The van der Waals surface area contributed by atoms with Crippen molar-refractivity contribution < 1.29 is 4.79 Å². The maximum absolute atomic E-state index is 12.6. The fraction of sp³-hybridized carbons (Fsp3) is 0.435. The quantitative estimate of drug-likeness (QED) is 0.839. The minimum Gasteiger partial charge on any atom is -0.372 e. The molecular weight excluding hydrogens is 320 g/mol. The molecule has 0 spiro atoms. The molecule has 1 fully saturated rings. The van der Waals surface area contributed by atoms with Crippen LogP contribution >= 0.6 is 0 Å². The van der Waals surface area contributed by atoms with Gasteiger partial charge >= 0.3 is 0 Å². The third-order valence-corrected chi connectivity index (χ3v) is 5.53. The molecular formula is C23H30N2O. The number of rotatable bonds is 4. The molecule has 0 unspecified atom stereocenters. The fourth-order valence-electron chi connectivity index (χ4n) is 3.58. The van der Waals surface area contributed by atoms with Gasteiger partial charge in [-0.05, 0) is 68.9 Å². The van der Waals surface area contributed by atoms with E-state index in [2.05, 4.69) is 41.4 Å². The zero-order chi connectivity index (χ0) is 18.7. The number of carbonyl (C=O) groups is 1. The van der Waals surface area contributed by atoms with E-state index in [9.17, 15) is 4.79 Å². The predicted molar refractivity (Wildman–Crippen MR) is 109 cm³/mol. The Balaban J connectivity index is 1.65. The predicted octanol–water partition coefficient (Wildman–Crippen LogP) is 5.03. The first-order valence-electron chi connectivity index (χ1n) is 9.67. The van der Waals surface area contributed by atoms with Crippen molar-refractivity contribution in [3.05, 3.63) is 64.7 Å². The minimum absolute atomic E-state index is 0.00667. The van der Waals surface area contributed by atoms with Crippen LogP contribution in [0.5, 0.6) is 0 Å². The Bertz CT molecular complexity index is 758. The summed E-state index contributed by atoms with van der Waals surface area (Å²) in [6.45, 7) is 10.6. The summed E-state index contributed by atoms with van der Waals surface area (Å²) in [5.74, 6) is 0.832. The molecule has 3 nitrogen and oxygen atoms in total. The summed E-state index contributed by atoms with van der Waals surface area (Å²) in [6, 6.07) is 14.6. The summed E-state index contributed by atoms with van der Waals surface area (Å²) in [4.78, 5) is 15.1. The number of anilines is 1. The van der Waals surface area contributed by atoms with Crippen LogP contribution in [0, 0.1) is 19.8 Å². The summed E-state index contributed by atoms with van der Waals surface area (Å²) in [7, 11) is 0. The van der Waals surface area contributed by atoms with Crippen LogP contribution in [0.25, 0.3) is 0 Å². The number of carbonyl (C=O) groups excluding carboxylic acids is 1. The molecule has 0 radical (unpaired) electrons. The van der Waals surface area contributed by atoms with Gasteiger partial charge in [-0.2, -0.15) is 0 Å². The minimum atomic E-state index is -0.0159. The average molecular weight is 351 g/mol. The number of benzene rings is 2. The molecule has 2 aromatic rings. The van der Waals surface area contributed by atoms with Crippen molar-refractivity contribution in [2.45, 2.75) is 46.6 Å². The molecule has 1 aliphatic heterocycles. The first-order chi connectivity index (χ1) is 12.4. The molecule has 1 amide bonds. The Kier molecular flexibility index (Phi) is 5.65. The highest BCUT2D eigenvalue weighted by Crippen LogP contribution is 2.25. The van der Waals surface area contributed by atoms with Crippen LogP contribution in [0.3, 0.4) is 0 Å². The van der Waals surface area contributed by atoms with Crippen LogP contribution < -0.4 is 10.2 Å². The second kappa shape index (κ2) is 7.94. The molecule has 1 aliphatic rings. The molecule has 0 aliphatic carbocycles. The molecule has 1 N–H and O–H groups in total. The molecule has 1 heterocycles. The number of hydrogen-bond acceptors (Lipinski definition) is 2. The molecule has 26 heavy (non-hydrogen) atoms. The van der Waals surface area contributed by atoms with E-state index in [4.69, 9.17) is 0 Å². The zero-order valence-corrected chi connectivity index (χ0v) is 16.4. The van der Waals surface area contributed by atoms with E-state index in [1.165, 1.54) is 18.5 Å². The van der Waals surface area contributed by atoms with Gasteiger partial charge in [0.05, 0.1) is 6.04 Å². The summed E-state index contributed by atoms with van der Waals surface area (Å²) in [6.07, 6.45) is 2.54. The van der Waals surface area contributed by atoms with Crippen LogP contribution in [-0.2, 0) is 0 Å². The summed E-state index contributed by atoms with van der Waals surface area (Å²) < 4.78 is 0. The molecule has 3 heteroatoms. The standard InChI is InChI=1S/C23H30N2O/c1-16-11-13-25(14-12-16)21-9-7-20(8-10-21)19(4)24-23(26)22-15-17(2)5-6-18(22)3/h5-10,15-16,19H,11-14H2,1-4H3,(H,24,26)/t19-/m0/s1. The van der Waals surface area contributed by atoms with Gasteiger partial charge in [0.1, 0.15) is 0 Å². The lowest BCUT2D eigenvalue weighted by molar-refractivity contribution is 0.0939. The van der Waals surface area contributed by atoms with Crippen LogP contribution in [-0.4, -0.2) is 19.0 Å². The topological polar surface area (TPSA) is 32.3 Å². The lowest BCUT2D eigenvalue weighted by Crippen LogP contribution is -2.32. The van der Waals surface area contributed by atoms with Crippen molar-refractivity contribution in [2.75, 3.05) is 18.0 Å². The molecule has 0 bridgehead atoms. The SMILES string of the molecule is Cc1ccc(C)c(C(=O)N[C@@H](C)c2ccc(N3CCC(C)CC3)cc2)c1. The normalized spacial score (nSPS) is 16.4. The maximum atomic E-state index is 12.6. The van der Waals surface area contributed by atoms with Crippen LogP contribution in [0.4, 0.5) is 5.69 Å². The molecule has 0 aromatic heterocycles. The van der Waals surface area contributed by atoms with Gasteiger partial charge < -0.3 is 10.2 Å². The van der Waals surface area contributed by atoms with E-state index in [0.717, 1.165) is 41.3 Å². The molecule has 3 rings (SSSR count). The summed E-state index contributed by atoms with van der Waals surface area (Å²) >= 11 is 0. The highest BCUT2D eigenvalue weighted by Gasteiger charge is 2.17. The second-order valence-corrected chi connectivity index (χ2v) is 7.77. The lowest BCUT2D eigenvalue weighted by Gasteiger charge is -2.32. The van der Waals surface area contributed by atoms with Gasteiger partial charge in [-0.1, -0.05) is 36.8 Å². The van der Waals surface area contributed by atoms with E-state index >= 15 is 0 Å². The van der Waals surface area contributed by atoms with E-state index in [-0.39, 0.29) is 11.9 Å². The first kappa shape index (κ1) is 18.5. The van der Waals surface area contributed by atoms with E-state index in [0.29, 0.717) is 0 Å². The van der Waals surface area contributed by atoms with E-state index in [1.54, 1.807) is 0 Å². The van der Waals surface area contributed by atoms with Gasteiger partial charge in [0.2, 0.25) is 0 Å². The maximum Gasteiger partial charge on any atom is 0.252 e. The van der Waals surface area contributed by atoms with Crippen molar-refractivity contribution in [3.63, 3.8) is 0 Å². The summed E-state index contributed by atoms with van der Waals surface area (Å²) in [5, 5.41) is 3.13. The molecule has 1 atom stereocenters.